The summed E-state index contributed by atoms with van der Waals surface area (Å²) in [6.07, 6.45) is -3.37. The van der Waals surface area contributed by atoms with E-state index in [-0.39, 0.29) is 29.2 Å². The first-order valence-electron chi connectivity index (χ1n) is 13.1. The fourth-order valence-electron chi connectivity index (χ4n) is 5.25. The van der Waals surface area contributed by atoms with E-state index in [0.717, 1.165) is 9.95 Å². The molecular formula is C28H25F3N6O5S. The Labute approximate surface area is 243 Å². The zero-order chi connectivity index (χ0) is 30.5. The number of fused-ring (bicyclic) bond motifs is 2. The largest absolute Gasteiger partial charge is 0.497 e. The molecule has 0 spiro atoms. The highest BCUT2D eigenvalue weighted by molar-refractivity contribution is 7.91. The molecule has 0 unspecified atom stereocenters. The number of pyridine rings is 1. The van der Waals surface area contributed by atoms with Gasteiger partial charge in [0.25, 0.3) is 0 Å². The molecule has 1 fully saturated rings. The van der Waals surface area contributed by atoms with Gasteiger partial charge in [0.2, 0.25) is 17.6 Å². The molecular weight excluding hydrogens is 589 g/mol. The van der Waals surface area contributed by atoms with Gasteiger partial charge in [-0.05, 0) is 24.3 Å². The van der Waals surface area contributed by atoms with Crippen LogP contribution in [-0.4, -0.2) is 76.0 Å². The number of hydrogen-bond acceptors (Lipinski definition) is 8. The molecule has 1 atom stereocenters. The summed E-state index contributed by atoms with van der Waals surface area (Å²) in [4.78, 5) is 30.6. The van der Waals surface area contributed by atoms with E-state index in [2.05, 4.69) is 19.9 Å². The quantitative estimate of drug-likeness (QED) is 0.304. The zero-order valence-electron chi connectivity index (χ0n) is 22.9. The third-order valence-electron chi connectivity index (χ3n) is 7.34. The second kappa shape index (κ2) is 10.6. The molecule has 0 radical (unpaired) electrons. The van der Waals surface area contributed by atoms with Crippen LogP contribution in [0.5, 0.6) is 11.6 Å². The topological polar surface area (TPSA) is 132 Å². The van der Waals surface area contributed by atoms with E-state index in [1.54, 1.807) is 0 Å². The molecule has 2 aromatic carbocycles. The van der Waals surface area contributed by atoms with Crippen LogP contribution in [0.2, 0.25) is 0 Å². The fourth-order valence-corrected chi connectivity index (χ4v) is 6.71. The summed E-state index contributed by atoms with van der Waals surface area (Å²) in [6.45, 7) is -0.953. The standard InChI is InChI=1S/C28H25F3N6O5S/c1-41-17-7-8-20-22(12-17)37(27(35-20)28(29,30)31)14-24(38)36-9-10-43(39,40)15-23(36)25-32-13-21(33-25)18-11-16-5-3-4-6-19(16)34-26(18)42-2/h3-8,11-13,23H,9-10,14-15H2,1-2H3,(H,32,33)/t23-/m1/s1. The normalized spacial score (nSPS) is 17.0. The van der Waals surface area contributed by atoms with E-state index in [0.29, 0.717) is 28.4 Å². The van der Waals surface area contributed by atoms with Crippen LogP contribution >= 0.6 is 0 Å². The van der Waals surface area contributed by atoms with Gasteiger partial charge in [0.1, 0.15) is 24.2 Å². The van der Waals surface area contributed by atoms with Crippen LogP contribution in [0.15, 0.2) is 54.7 Å². The van der Waals surface area contributed by atoms with E-state index in [4.69, 9.17) is 9.47 Å². The number of para-hydroxylation sites is 1. The SMILES string of the molecule is COc1ccc2nc(C(F)(F)F)n(CC(=O)N3CCS(=O)(=O)C[C@@H]3c3ncc(-c4cc5ccccc5nc4OC)[nH]3)c2c1. The number of carbonyl (C=O) groups excluding carboxylic acids is 1. The highest BCUT2D eigenvalue weighted by Gasteiger charge is 2.41. The zero-order valence-corrected chi connectivity index (χ0v) is 23.7. The number of H-pyrrole nitrogens is 1. The molecule has 1 amide bonds. The Morgan fingerprint density at radius 2 is 1.86 bits per heavy atom. The summed E-state index contributed by atoms with van der Waals surface area (Å²) in [6, 6.07) is 12.4. The Bertz CT molecular complexity index is 1970. The lowest BCUT2D eigenvalue weighted by atomic mass is 10.1. The molecule has 3 aromatic heterocycles. The number of sulfone groups is 1. The molecule has 5 aromatic rings. The minimum absolute atomic E-state index is 0.0346. The Morgan fingerprint density at radius 3 is 2.60 bits per heavy atom. The lowest BCUT2D eigenvalue weighted by Gasteiger charge is -2.34. The van der Waals surface area contributed by atoms with E-state index in [1.165, 1.54) is 43.5 Å². The summed E-state index contributed by atoms with van der Waals surface area (Å²) in [7, 11) is -0.746. The number of ether oxygens (including phenoxy) is 2. The summed E-state index contributed by atoms with van der Waals surface area (Å²) in [5.41, 5.74) is 1.82. The molecule has 4 heterocycles. The van der Waals surface area contributed by atoms with Crippen LogP contribution in [0, 0.1) is 0 Å². The molecule has 1 saturated heterocycles. The van der Waals surface area contributed by atoms with Gasteiger partial charge in [-0.15, -0.1) is 0 Å². The molecule has 1 N–H and O–H groups in total. The number of aromatic nitrogens is 5. The maximum atomic E-state index is 14.0. The Balaban J connectivity index is 1.37. The van der Waals surface area contributed by atoms with Crippen molar-refractivity contribution in [2.24, 2.45) is 0 Å². The smallest absolute Gasteiger partial charge is 0.449 e. The van der Waals surface area contributed by atoms with Crippen molar-refractivity contribution in [3.8, 4) is 22.9 Å². The van der Waals surface area contributed by atoms with Crippen molar-refractivity contribution >= 4 is 37.7 Å². The monoisotopic (exact) mass is 614 g/mol. The van der Waals surface area contributed by atoms with Gasteiger partial charge in [-0.1, -0.05) is 18.2 Å². The van der Waals surface area contributed by atoms with Crippen LogP contribution in [0.3, 0.4) is 0 Å². The van der Waals surface area contributed by atoms with Crippen molar-refractivity contribution in [3.05, 3.63) is 66.4 Å². The van der Waals surface area contributed by atoms with Crippen molar-refractivity contribution in [1.82, 2.24) is 29.4 Å². The van der Waals surface area contributed by atoms with Gasteiger partial charge >= 0.3 is 6.18 Å². The average Bonchev–Trinajstić information content (AvgIpc) is 3.61. The van der Waals surface area contributed by atoms with Gasteiger partial charge in [-0.3, -0.25) is 4.79 Å². The Kier molecular flexibility index (Phi) is 6.99. The number of carbonyl (C=O) groups is 1. The van der Waals surface area contributed by atoms with E-state index in [9.17, 15) is 26.4 Å². The minimum atomic E-state index is -4.85. The number of hydrogen-bond donors (Lipinski definition) is 1. The first-order valence-corrected chi connectivity index (χ1v) is 14.9. The molecule has 0 bridgehead atoms. The number of nitrogens with zero attached hydrogens (tertiary/aromatic N) is 5. The first kappa shape index (κ1) is 28.5. The number of imidazole rings is 2. The summed E-state index contributed by atoms with van der Waals surface area (Å²) < 4.78 is 78.7. The van der Waals surface area contributed by atoms with E-state index >= 15 is 0 Å². The predicted molar refractivity (Wildman–Crippen MR) is 150 cm³/mol. The predicted octanol–water partition coefficient (Wildman–Crippen LogP) is 4.01. The van der Waals surface area contributed by atoms with Crippen molar-refractivity contribution in [3.63, 3.8) is 0 Å². The molecule has 224 valence electrons. The molecule has 1 aliphatic heterocycles. The molecule has 6 rings (SSSR count). The number of amides is 1. The number of methoxy groups -OCH3 is 2. The average molecular weight is 615 g/mol. The van der Waals surface area contributed by atoms with Crippen LogP contribution in [0.4, 0.5) is 13.2 Å². The molecule has 0 saturated carbocycles. The summed E-state index contributed by atoms with van der Waals surface area (Å²) in [5, 5.41) is 0.830. The van der Waals surface area contributed by atoms with Crippen molar-refractivity contribution in [1.29, 1.82) is 0 Å². The third kappa shape index (κ3) is 5.35. The molecule has 1 aliphatic rings. The molecule has 43 heavy (non-hydrogen) atoms. The van der Waals surface area contributed by atoms with Gasteiger partial charge in [-0.25, -0.2) is 23.4 Å². The summed E-state index contributed by atoms with van der Waals surface area (Å²) >= 11 is 0. The number of halogens is 3. The van der Waals surface area contributed by atoms with Gasteiger partial charge in [0.15, 0.2) is 9.84 Å². The van der Waals surface area contributed by atoms with Gasteiger partial charge < -0.3 is 23.9 Å². The van der Waals surface area contributed by atoms with E-state index in [1.807, 2.05) is 30.3 Å². The number of aromatic amines is 1. The molecule has 11 nitrogen and oxygen atoms in total. The van der Waals surface area contributed by atoms with Crippen LogP contribution in [0.25, 0.3) is 33.2 Å². The highest BCUT2D eigenvalue weighted by atomic mass is 32.2. The number of benzene rings is 2. The number of nitrogens with one attached hydrogen (secondary N) is 1. The van der Waals surface area contributed by atoms with Crippen molar-refractivity contribution < 1.29 is 35.9 Å². The fraction of sp³-hybridized carbons (Fsp3) is 0.286. The lowest BCUT2D eigenvalue weighted by Crippen LogP contribution is -2.47. The Morgan fingerprint density at radius 1 is 1.07 bits per heavy atom. The maximum absolute atomic E-state index is 14.0. The summed E-state index contributed by atoms with van der Waals surface area (Å²) in [5.74, 6) is -2.01. The highest BCUT2D eigenvalue weighted by Crippen LogP contribution is 2.35. The maximum Gasteiger partial charge on any atom is 0.449 e. The number of rotatable bonds is 6. The van der Waals surface area contributed by atoms with Crippen LogP contribution < -0.4 is 9.47 Å². The lowest BCUT2D eigenvalue weighted by molar-refractivity contribution is -0.148. The van der Waals surface area contributed by atoms with Crippen LogP contribution in [-0.2, 0) is 27.4 Å². The van der Waals surface area contributed by atoms with Crippen molar-refractivity contribution in [2.75, 3.05) is 32.3 Å². The second-order valence-electron chi connectivity index (χ2n) is 10.0. The molecule has 0 aliphatic carbocycles. The first-order chi connectivity index (χ1) is 20.5. The van der Waals surface area contributed by atoms with Gasteiger partial charge in [-0.2, -0.15) is 13.2 Å². The molecule has 15 heteroatoms. The van der Waals surface area contributed by atoms with Crippen molar-refractivity contribution in [2.45, 2.75) is 18.8 Å². The Hall–Kier alpha value is -4.66. The van der Waals surface area contributed by atoms with Gasteiger partial charge in [0.05, 0.1) is 59.7 Å². The second-order valence-corrected chi connectivity index (χ2v) is 12.2. The number of alkyl halides is 3. The van der Waals surface area contributed by atoms with E-state index < -0.39 is 46.1 Å². The van der Waals surface area contributed by atoms with Crippen LogP contribution in [0.1, 0.15) is 17.7 Å². The minimum Gasteiger partial charge on any atom is -0.497 e. The third-order valence-corrected chi connectivity index (χ3v) is 8.97. The van der Waals surface area contributed by atoms with Gasteiger partial charge in [0, 0.05) is 18.0 Å².